The number of anilines is 3. The number of phenolic OH excluding ortho intramolecular Hbond substituents is 2. The molecule has 4 aromatic heterocycles. The second-order valence-electron chi connectivity index (χ2n) is 23.5. The van der Waals surface area contributed by atoms with Crippen LogP contribution in [0.2, 0.25) is 0 Å². The molecule has 21 nitrogen and oxygen atoms in total. The van der Waals surface area contributed by atoms with E-state index in [0.29, 0.717) is 92.8 Å². The van der Waals surface area contributed by atoms with Crippen LogP contribution in [-0.2, 0) is 48.8 Å². The van der Waals surface area contributed by atoms with E-state index in [4.69, 9.17) is 54.7 Å². The average Bonchev–Trinajstić information content (AvgIpc) is 1.60. The molecule has 15 rings (SSSR count). The van der Waals surface area contributed by atoms with E-state index in [1.54, 1.807) is 52.1 Å². The Morgan fingerprint density at radius 2 is 1.12 bits per heavy atom. The number of nitrogens with zero attached hydrogens (tertiary/aromatic N) is 3. The number of hydrogen-bond donors (Lipinski definition) is 8. The molecular weight excluding hydrogens is 1370 g/mol. The first-order valence-electron chi connectivity index (χ1n) is 30.3. The Bertz CT molecular complexity index is 4890. The van der Waals surface area contributed by atoms with Gasteiger partial charge in [-0.3, -0.25) is 19.3 Å². The van der Waals surface area contributed by atoms with Crippen LogP contribution in [0, 0.1) is 0 Å². The van der Waals surface area contributed by atoms with E-state index >= 15 is 0 Å². The van der Waals surface area contributed by atoms with Crippen molar-refractivity contribution in [1.29, 1.82) is 0 Å². The molecule has 4 aliphatic rings. The van der Waals surface area contributed by atoms with E-state index in [1.807, 2.05) is 72.8 Å². The molecule has 0 fully saturated rings. The monoisotopic (exact) mass is 1430 g/mol. The van der Waals surface area contributed by atoms with Crippen molar-refractivity contribution < 1.29 is 91.0 Å². The van der Waals surface area contributed by atoms with Gasteiger partial charge in [0.2, 0.25) is 5.91 Å². The van der Waals surface area contributed by atoms with Crippen molar-refractivity contribution in [3.63, 3.8) is 0 Å². The maximum absolute atomic E-state index is 13.7. The number of benzene rings is 7. The number of carboxylic acid groups (broad SMARTS) is 1. The number of H-pyrrole nitrogens is 4. The number of methoxy groups -OCH3 is 1. The predicted octanol–water partition coefficient (Wildman–Crippen LogP) is 14.0. The summed E-state index contributed by atoms with van der Waals surface area (Å²) in [4.78, 5) is 90.8. The average molecular weight is 1430 g/mol. The molecule has 7 aromatic carbocycles. The fourth-order valence-corrected chi connectivity index (χ4v) is 14.3. The second-order valence-corrected chi connectivity index (χ2v) is 24.4. The number of carbonyl (C=O) groups is 6. The number of aromatic amines is 4. The van der Waals surface area contributed by atoms with Gasteiger partial charge in [0.15, 0.2) is 0 Å². The van der Waals surface area contributed by atoms with Crippen molar-refractivity contribution in [3.05, 3.63) is 201 Å². The van der Waals surface area contributed by atoms with Crippen LogP contribution in [0.3, 0.4) is 0 Å². The second kappa shape index (κ2) is 27.3. The number of ether oxygens (including phenoxy) is 3. The van der Waals surface area contributed by atoms with Crippen LogP contribution in [0.1, 0.15) is 106 Å². The van der Waals surface area contributed by atoms with Gasteiger partial charge in [0.25, 0.3) is 11.8 Å². The summed E-state index contributed by atoms with van der Waals surface area (Å²) in [6.45, 7) is 3.09. The Morgan fingerprint density at radius 1 is 0.604 bits per heavy atom. The standard InChI is InChI=1S/C34H27ClN2O5.C22H19ClN4O4.C15H16ClN3O3.Y/c35-16-21-17-37(34(40)42-19-27-24-12-6-4-10-22(24)23-11-5-7-13-25(23)27)29-15-30(41-18-20-8-2-1-3-9-20)32-26(31(21)29)14-28(36-32)33(38)39;1-31-12-2-3-14-10(4-12)5-16(25-14)22(30)27-9-11(8-23)19-13-6-15(21(24)29)26-20(13)18(28)7-17(19)27;1-7(20)19-6-8(5-16)13-9-3-10(15(22)17-2)18-14(9)12(21)4-11(13)19;/h1-15,21,27,36H,16-19H2,(H,38,39);2-7,11H,8-9H2,1H3,(H5,24,25,26,28,29,30);3-4,8,18,21H,5-6H2,1-2H3,(H,17,22);/p-1. The van der Waals surface area contributed by atoms with Crippen LogP contribution in [-0.4, -0.2) is 129 Å². The molecule has 25 heteroatoms. The molecule has 11 aromatic rings. The third-order valence-electron chi connectivity index (χ3n) is 18.0. The smallest absolute Gasteiger partial charge is 0.414 e. The number of nitrogens with one attached hydrogen (secondary N) is 6. The normalized spacial score (nSPS) is 15.6. The summed E-state index contributed by atoms with van der Waals surface area (Å²) in [5, 5.41) is 35.9. The zero-order chi connectivity index (χ0) is 66.7. The number of rotatable bonds is 13. The molecule has 3 atom stereocenters. The quantitative estimate of drug-likeness (QED) is 0.0500. The molecule has 96 heavy (non-hydrogen) atoms. The van der Waals surface area contributed by atoms with Crippen molar-refractivity contribution in [3.8, 4) is 34.1 Å². The Labute approximate surface area is 588 Å². The molecule has 487 valence electrons. The third-order valence-corrected chi connectivity index (χ3v) is 19.1. The molecule has 1 radical (unpaired) electrons. The minimum Gasteiger partial charge on any atom is -0.662 e. The maximum atomic E-state index is 13.7. The zero-order valence-electron chi connectivity index (χ0n) is 51.8. The predicted molar refractivity (Wildman–Crippen MR) is 365 cm³/mol. The van der Waals surface area contributed by atoms with Gasteiger partial charge >= 0.3 is 12.1 Å². The number of carboxylic acids is 1. The molecule has 7 heterocycles. The van der Waals surface area contributed by atoms with Crippen LogP contribution >= 0.6 is 34.8 Å². The van der Waals surface area contributed by atoms with Gasteiger partial charge in [0.1, 0.15) is 53.3 Å². The van der Waals surface area contributed by atoms with E-state index in [1.165, 1.54) is 26.1 Å². The minimum atomic E-state index is -1.08. The maximum Gasteiger partial charge on any atom is 0.414 e. The number of carbonyl (C=O) groups excluding carboxylic acids is 5. The molecule has 3 aliphatic heterocycles. The molecule has 0 saturated carbocycles. The summed E-state index contributed by atoms with van der Waals surface area (Å²) in [6, 6.07) is 43.0. The van der Waals surface area contributed by atoms with Gasteiger partial charge in [-0.1, -0.05) is 78.9 Å². The minimum absolute atomic E-state index is 0. The number of aromatic carboxylic acids is 1. The van der Waals surface area contributed by atoms with Crippen molar-refractivity contribution in [1.82, 2.24) is 25.3 Å². The molecule has 1 aliphatic carbocycles. The van der Waals surface area contributed by atoms with E-state index in [-0.39, 0.29) is 122 Å². The summed E-state index contributed by atoms with van der Waals surface area (Å²) in [5.41, 5.74) is 20.3. The van der Waals surface area contributed by atoms with Crippen molar-refractivity contribution in [2.75, 3.05) is 72.7 Å². The SMILES string of the molecule is CNC(=O)c1cc2c3c(cc(O)c2[nH]1)N(C(C)=O)CC3CCl.COc1ccc2[nH]c(C(=O)N3CC(CCl)c4c3cc(O)c3[nH]c(C([NH-])=O)cc43)cc2c1.O=C(O)c1cc2c3c(cc(OCc4ccccc4)c2[nH]1)N(C(=O)OCC1c2ccccc2-c2ccccc21)CC3CCl.[Y]. The number of aromatic hydroxyl groups is 2. The van der Waals surface area contributed by atoms with Gasteiger partial charge in [-0.25, -0.2) is 9.59 Å². The van der Waals surface area contributed by atoms with Crippen LogP contribution < -0.4 is 29.5 Å². The van der Waals surface area contributed by atoms with E-state index in [2.05, 4.69) is 49.5 Å². The van der Waals surface area contributed by atoms with Gasteiger partial charge in [0.05, 0.1) is 52.3 Å². The zero-order valence-corrected chi connectivity index (χ0v) is 56.9. The van der Waals surface area contributed by atoms with Gasteiger partial charge in [-0.15, -0.1) is 34.8 Å². The molecular formula is C71H61Cl3N9O12Y-. The van der Waals surface area contributed by atoms with Gasteiger partial charge in [0, 0.05) is 153 Å². The summed E-state index contributed by atoms with van der Waals surface area (Å²) in [6.07, 6.45) is -0.479. The topological polar surface area (TPSA) is 300 Å². The van der Waals surface area contributed by atoms with Crippen LogP contribution in [0.5, 0.6) is 23.0 Å². The Balaban J connectivity index is 0.000000144. The summed E-state index contributed by atoms with van der Waals surface area (Å²) in [5.74, 6) is -1.15. The van der Waals surface area contributed by atoms with Crippen molar-refractivity contribution in [2.45, 2.75) is 37.2 Å². The van der Waals surface area contributed by atoms with E-state index < -0.39 is 18.0 Å². The van der Waals surface area contributed by atoms with Gasteiger partial charge in [-0.2, -0.15) is 0 Å². The number of alkyl halides is 3. The first kappa shape index (κ1) is 66.5. The number of hydrogen-bond acceptors (Lipinski definition) is 11. The first-order chi connectivity index (χ1) is 45.9. The van der Waals surface area contributed by atoms with Gasteiger partial charge in [-0.05, 0) is 87.0 Å². The van der Waals surface area contributed by atoms with Gasteiger partial charge < -0.3 is 75.1 Å². The largest absolute Gasteiger partial charge is 0.662 e. The Hall–Kier alpha value is -9.51. The van der Waals surface area contributed by atoms with E-state index in [9.17, 15) is 44.1 Å². The summed E-state index contributed by atoms with van der Waals surface area (Å²) >= 11 is 18.7. The van der Waals surface area contributed by atoms with Crippen molar-refractivity contribution >= 4 is 131 Å². The van der Waals surface area contributed by atoms with Crippen LogP contribution in [0.15, 0.2) is 140 Å². The first-order valence-corrected chi connectivity index (χ1v) is 31.9. The summed E-state index contributed by atoms with van der Waals surface area (Å²) in [7, 11) is 3.12. The van der Waals surface area contributed by atoms with Crippen LogP contribution in [0.4, 0.5) is 21.9 Å². The molecule has 0 saturated heterocycles. The number of halogens is 3. The Morgan fingerprint density at radius 3 is 1.70 bits per heavy atom. The van der Waals surface area contributed by atoms with E-state index in [0.717, 1.165) is 60.8 Å². The molecule has 3 unspecified atom stereocenters. The third kappa shape index (κ3) is 12.0. The fourth-order valence-electron chi connectivity index (χ4n) is 13.6. The summed E-state index contributed by atoms with van der Waals surface area (Å²) < 4.78 is 17.5. The molecule has 5 amide bonds. The Kier molecular flexibility index (Phi) is 18.9. The molecule has 0 spiro atoms. The fraction of sp³-hybridized carbons (Fsp3) is 0.211. The number of aromatic nitrogens is 4. The van der Waals surface area contributed by atoms with Crippen molar-refractivity contribution in [2.24, 2.45) is 0 Å². The molecule has 9 N–H and O–H groups in total. The molecule has 0 bridgehead atoms. The number of phenols is 2. The van der Waals surface area contributed by atoms with Crippen LogP contribution in [0.25, 0.3) is 60.5 Å². The number of fused-ring (bicyclic) bond motifs is 13. The number of amides is 5.